The molecule has 33 heavy (non-hydrogen) atoms. The summed E-state index contributed by atoms with van der Waals surface area (Å²) in [6, 6.07) is 9.80. The maximum atomic E-state index is 14.1. The van der Waals surface area contributed by atoms with Gasteiger partial charge >= 0.3 is 6.18 Å². The topological polar surface area (TPSA) is 76.1 Å². The van der Waals surface area contributed by atoms with Crippen LogP contribution in [0.3, 0.4) is 0 Å². The van der Waals surface area contributed by atoms with Gasteiger partial charge in [0.25, 0.3) is 5.91 Å². The number of halogens is 5. The van der Waals surface area contributed by atoms with E-state index < -0.39 is 17.7 Å². The van der Waals surface area contributed by atoms with E-state index in [1.165, 1.54) is 30.6 Å². The average Bonchev–Trinajstić information content (AvgIpc) is 3.21. The fourth-order valence-corrected chi connectivity index (χ4v) is 3.90. The van der Waals surface area contributed by atoms with Crippen LogP contribution in [0.1, 0.15) is 27.0 Å². The highest BCUT2D eigenvalue weighted by Crippen LogP contribution is 2.48. The van der Waals surface area contributed by atoms with Gasteiger partial charge < -0.3 is 0 Å². The number of hydrogen-bond donors (Lipinski definition) is 2. The second-order valence-electron chi connectivity index (χ2n) is 7.21. The van der Waals surface area contributed by atoms with Gasteiger partial charge in [0.15, 0.2) is 0 Å². The first kappa shape index (κ1) is 23.0. The number of amides is 1. The number of rotatable bonds is 4. The number of aromatic nitrogens is 2. The number of hydroxylamine groups is 1. The third-order valence-corrected chi connectivity index (χ3v) is 5.39. The predicted octanol–water partition coefficient (Wildman–Crippen LogP) is 5.68. The van der Waals surface area contributed by atoms with E-state index in [4.69, 9.17) is 28.0 Å². The molecule has 0 saturated heterocycles. The van der Waals surface area contributed by atoms with Gasteiger partial charge in [-0.25, -0.2) is 9.97 Å². The van der Waals surface area contributed by atoms with Crippen LogP contribution >= 0.6 is 23.2 Å². The minimum absolute atomic E-state index is 0.0418. The molecular weight excluding hydrogens is 480 g/mol. The lowest BCUT2D eigenvalue weighted by atomic mass is 9.91. The quantitative estimate of drug-likeness (QED) is 0.488. The van der Waals surface area contributed by atoms with E-state index in [9.17, 15) is 18.0 Å². The van der Waals surface area contributed by atoms with E-state index in [0.717, 1.165) is 18.2 Å². The second kappa shape index (κ2) is 8.66. The Morgan fingerprint density at radius 2 is 1.76 bits per heavy atom. The fourth-order valence-electron chi connectivity index (χ4n) is 3.37. The summed E-state index contributed by atoms with van der Waals surface area (Å²) in [7, 11) is 0. The number of anilines is 1. The van der Waals surface area contributed by atoms with Crippen LogP contribution in [0.15, 0.2) is 60.9 Å². The van der Waals surface area contributed by atoms with Crippen LogP contribution in [0.25, 0.3) is 5.70 Å². The highest BCUT2D eigenvalue weighted by atomic mass is 35.5. The first-order chi connectivity index (χ1) is 15.6. The van der Waals surface area contributed by atoms with E-state index >= 15 is 0 Å². The summed E-state index contributed by atoms with van der Waals surface area (Å²) >= 11 is 11.8. The lowest BCUT2D eigenvalue weighted by Crippen LogP contribution is -2.42. The minimum atomic E-state index is -4.82. The summed E-state index contributed by atoms with van der Waals surface area (Å²) in [5, 5.41) is 2.65. The molecule has 1 unspecified atom stereocenters. The molecule has 0 spiro atoms. The fraction of sp³-hybridized carbons (Fsp3) is 0.136. The number of nitrogens with one attached hydrogen (secondary N) is 2. The second-order valence-corrected chi connectivity index (χ2v) is 8.08. The molecule has 0 aliphatic carbocycles. The maximum absolute atomic E-state index is 14.1. The molecule has 1 aliphatic rings. The van der Waals surface area contributed by atoms with Gasteiger partial charge in [-0.05, 0) is 60.5 Å². The summed E-state index contributed by atoms with van der Waals surface area (Å²) in [6.07, 6.45) is -0.935. The van der Waals surface area contributed by atoms with E-state index in [1.54, 1.807) is 19.1 Å². The highest BCUT2D eigenvalue weighted by molar-refractivity contribution is 6.34. The van der Waals surface area contributed by atoms with Gasteiger partial charge in [-0.3, -0.25) is 20.4 Å². The Balaban J connectivity index is 1.68. The lowest BCUT2D eigenvalue weighted by molar-refractivity contribution is -0.269. The molecule has 1 amide bonds. The molecule has 0 fully saturated rings. The van der Waals surface area contributed by atoms with Crippen LogP contribution < -0.4 is 10.8 Å². The van der Waals surface area contributed by atoms with Crippen molar-refractivity contribution in [2.75, 3.05) is 5.32 Å². The average molecular weight is 495 g/mol. The van der Waals surface area contributed by atoms with Crippen molar-refractivity contribution in [3.63, 3.8) is 0 Å². The smallest absolute Gasteiger partial charge is 0.290 e. The Hall–Kier alpha value is -3.14. The Labute approximate surface area is 196 Å². The Bertz CT molecular complexity index is 1230. The first-order valence-corrected chi connectivity index (χ1v) is 10.2. The zero-order chi connectivity index (χ0) is 23.8. The molecule has 1 aliphatic heterocycles. The SMILES string of the molecule is Cc1cc(C2=CC(c3cc(Cl)cc(Cl)c3)(C(F)(F)F)ON2)ccc1C(=O)Nc1ncccn1. The zero-order valence-electron chi connectivity index (χ0n) is 16.9. The molecule has 11 heteroatoms. The molecular formula is C22H15Cl2F3N4O2. The molecule has 0 radical (unpaired) electrons. The van der Waals surface area contributed by atoms with Gasteiger partial charge in [0.1, 0.15) is 0 Å². The number of nitrogens with zero attached hydrogens (tertiary/aromatic N) is 2. The van der Waals surface area contributed by atoms with Gasteiger partial charge in [-0.1, -0.05) is 29.3 Å². The lowest BCUT2D eigenvalue weighted by Gasteiger charge is -2.28. The summed E-state index contributed by atoms with van der Waals surface area (Å²) in [5.41, 5.74) is 0.588. The van der Waals surface area contributed by atoms with Crippen LogP contribution in [0, 0.1) is 6.92 Å². The Kier molecular flexibility index (Phi) is 6.04. The van der Waals surface area contributed by atoms with Crippen molar-refractivity contribution in [2.45, 2.75) is 18.7 Å². The van der Waals surface area contributed by atoms with Crippen LogP contribution in [0.4, 0.5) is 19.1 Å². The maximum Gasteiger partial charge on any atom is 0.428 e. The van der Waals surface area contributed by atoms with Crippen LogP contribution in [0.5, 0.6) is 0 Å². The molecule has 2 N–H and O–H groups in total. The van der Waals surface area contributed by atoms with Gasteiger partial charge in [-0.15, -0.1) is 0 Å². The van der Waals surface area contributed by atoms with Gasteiger partial charge in [0.2, 0.25) is 11.5 Å². The molecule has 2 aromatic carbocycles. The third kappa shape index (κ3) is 4.52. The Morgan fingerprint density at radius 3 is 2.36 bits per heavy atom. The van der Waals surface area contributed by atoms with Crippen molar-refractivity contribution in [3.8, 4) is 0 Å². The van der Waals surface area contributed by atoms with Crippen molar-refractivity contribution in [2.24, 2.45) is 0 Å². The molecule has 1 aromatic heterocycles. The number of benzene rings is 2. The van der Waals surface area contributed by atoms with E-state index in [0.29, 0.717) is 16.7 Å². The number of carbonyl (C=O) groups is 1. The van der Waals surface area contributed by atoms with Gasteiger partial charge in [0, 0.05) is 33.6 Å². The molecule has 3 aromatic rings. The molecule has 6 nitrogen and oxygen atoms in total. The standard InChI is InChI=1S/C22H15Cl2F3N4O2/c1-12-7-13(3-4-17(12)19(32)30-20-28-5-2-6-29-20)18-11-21(33-31-18,22(25,26)27)14-8-15(23)10-16(24)9-14/h2-11,31H,1H3,(H,28,29,30,32). The molecule has 0 bridgehead atoms. The van der Waals surface area contributed by atoms with Gasteiger partial charge in [-0.2, -0.15) is 13.2 Å². The number of hydrogen-bond acceptors (Lipinski definition) is 5. The van der Waals surface area contributed by atoms with E-state index in [1.807, 2.05) is 0 Å². The van der Waals surface area contributed by atoms with Crippen molar-refractivity contribution in [1.29, 1.82) is 0 Å². The largest absolute Gasteiger partial charge is 0.428 e. The van der Waals surface area contributed by atoms with Crippen molar-refractivity contribution in [1.82, 2.24) is 15.4 Å². The van der Waals surface area contributed by atoms with Crippen LogP contribution in [-0.2, 0) is 10.4 Å². The molecule has 170 valence electrons. The number of carbonyl (C=O) groups excluding carboxylic acids is 1. The summed E-state index contributed by atoms with van der Waals surface area (Å²) in [5.74, 6) is -0.317. The van der Waals surface area contributed by atoms with Crippen LogP contribution in [0.2, 0.25) is 10.0 Å². The summed E-state index contributed by atoms with van der Waals surface area (Å²) in [6.45, 7) is 1.66. The number of aryl methyl sites for hydroxylation is 1. The van der Waals surface area contributed by atoms with Gasteiger partial charge in [0.05, 0.1) is 5.70 Å². The van der Waals surface area contributed by atoms with Crippen LogP contribution in [-0.4, -0.2) is 22.1 Å². The van der Waals surface area contributed by atoms with Crippen molar-refractivity contribution < 1.29 is 22.8 Å². The first-order valence-electron chi connectivity index (χ1n) is 9.48. The van der Waals surface area contributed by atoms with Crippen molar-refractivity contribution in [3.05, 3.63) is 93.2 Å². The monoisotopic (exact) mass is 494 g/mol. The zero-order valence-corrected chi connectivity index (χ0v) is 18.4. The summed E-state index contributed by atoms with van der Waals surface area (Å²) < 4.78 is 42.4. The Morgan fingerprint density at radius 1 is 1.09 bits per heavy atom. The predicted molar refractivity (Wildman–Crippen MR) is 118 cm³/mol. The minimum Gasteiger partial charge on any atom is -0.290 e. The molecule has 0 saturated carbocycles. The third-order valence-electron chi connectivity index (χ3n) is 4.96. The molecule has 4 rings (SSSR count). The number of alkyl halides is 3. The van der Waals surface area contributed by atoms with Crippen molar-refractivity contribution >= 4 is 40.8 Å². The van der Waals surface area contributed by atoms with E-state index in [2.05, 4.69) is 20.8 Å². The molecule has 1 atom stereocenters. The highest BCUT2D eigenvalue weighted by Gasteiger charge is 2.59. The summed E-state index contributed by atoms with van der Waals surface area (Å²) in [4.78, 5) is 25.5. The molecule has 2 heterocycles. The normalized spacial score (nSPS) is 17.9. The van der Waals surface area contributed by atoms with E-state index in [-0.39, 0.29) is 27.3 Å².